The van der Waals surface area contributed by atoms with E-state index in [1.54, 1.807) is 53.4 Å². The molecule has 0 saturated heterocycles. The maximum atomic E-state index is 13.9. The van der Waals surface area contributed by atoms with E-state index >= 15 is 0 Å². The molecule has 216 valence electrons. The van der Waals surface area contributed by atoms with Crippen LogP contribution in [0.3, 0.4) is 0 Å². The Kier molecular flexibility index (Phi) is 9.00. The molecule has 0 radical (unpaired) electrons. The Bertz CT molecular complexity index is 1550. The van der Waals surface area contributed by atoms with Gasteiger partial charge in [-0.3, -0.25) is 9.36 Å². The zero-order valence-corrected chi connectivity index (χ0v) is 23.4. The minimum absolute atomic E-state index is 0.0495. The maximum absolute atomic E-state index is 13.9. The van der Waals surface area contributed by atoms with Crippen LogP contribution >= 0.6 is 0 Å². The third-order valence-electron chi connectivity index (χ3n) is 6.55. The van der Waals surface area contributed by atoms with Gasteiger partial charge in [-0.2, -0.15) is 13.2 Å². The van der Waals surface area contributed by atoms with Crippen molar-refractivity contribution in [3.8, 4) is 11.4 Å². The number of fused-ring (bicyclic) bond motifs is 1. The number of anilines is 1. The molecule has 41 heavy (non-hydrogen) atoms. The number of hydrogen-bond donors (Lipinski definition) is 1. The van der Waals surface area contributed by atoms with Crippen LogP contribution in [-0.2, 0) is 6.18 Å². The van der Waals surface area contributed by atoms with Crippen LogP contribution in [-0.4, -0.2) is 33.6 Å². The standard InChI is InChI=1S/C31H33F3N4O3/c1-5-27(37(19-20(3)4)30(40)35-22-13-11-21(12-14-22)31(32,33)34)28-36-26-10-8-7-9-25(26)29(39)38(28)23-15-17-24(18-16-23)41-6-2/h7-18,20,27H,5-6,19H2,1-4H3,(H,35,40). The second-order valence-electron chi connectivity index (χ2n) is 10.0. The number of nitrogens with zero attached hydrogens (tertiary/aromatic N) is 3. The molecular formula is C31H33F3N4O3. The number of halogens is 3. The molecule has 0 aliphatic carbocycles. The van der Waals surface area contributed by atoms with Gasteiger partial charge >= 0.3 is 12.2 Å². The molecule has 1 N–H and O–H groups in total. The Labute approximate surface area is 236 Å². The lowest BCUT2D eigenvalue weighted by atomic mass is 10.1. The minimum Gasteiger partial charge on any atom is -0.494 e. The van der Waals surface area contributed by atoms with Gasteiger partial charge in [-0.1, -0.05) is 32.9 Å². The summed E-state index contributed by atoms with van der Waals surface area (Å²) in [5.74, 6) is 1.08. The van der Waals surface area contributed by atoms with Gasteiger partial charge in [-0.25, -0.2) is 9.78 Å². The zero-order chi connectivity index (χ0) is 29.7. The number of aromatic nitrogens is 2. The van der Waals surface area contributed by atoms with Gasteiger partial charge in [0.15, 0.2) is 0 Å². The molecule has 0 bridgehead atoms. The molecule has 0 aliphatic heterocycles. The monoisotopic (exact) mass is 566 g/mol. The fraction of sp³-hybridized carbons (Fsp3) is 0.323. The van der Waals surface area contributed by atoms with Crippen LogP contribution < -0.4 is 15.6 Å². The molecule has 1 heterocycles. The molecule has 0 saturated carbocycles. The molecule has 1 aromatic heterocycles. The quantitative estimate of drug-likeness (QED) is 0.228. The number of rotatable bonds is 9. The lowest BCUT2D eigenvalue weighted by Crippen LogP contribution is -2.42. The highest BCUT2D eigenvalue weighted by Crippen LogP contribution is 2.31. The summed E-state index contributed by atoms with van der Waals surface area (Å²) in [6, 6.07) is 17.3. The normalized spacial score (nSPS) is 12.4. The number of nitrogens with one attached hydrogen (secondary N) is 1. The third-order valence-corrected chi connectivity index (χ3v) is 6.55. The zero-order valence-electron chi connectivity index (χ0n) is 23.4. The van der Waals surface area contributed by atoms with Crippen LogP contribution in [0.15, 0.2) is 77.6 Å². The number of urea groups is 1. The number of carbonyl (C=O) groups is 1. The Hall–Kier alpha value is -4.34. The van der Waals surface area contributed by atoms with Gasteiger partial charge < -0.3 is 15.0 Å². The molecule has 0 fully saturated rings. The highest BCUT2D eigenvalue weighted by atomic mass is 19.4. The van der Waals surface area contributed by atoms with E-state index in [9.17, 15) is 22.8 Å². The van der Waals surface area contributed by atoms with Crippen LogP contribution in [0, 0.1) is 5.92 Å². The fourth-order valence-electron chi connectivity index (χ4n) is 4.71. The Morgan fingerprint density at radius 1 is 1.00 bits per heavy atom. The predicted octanol–water partition coefficient (Wildman–Crippen LogP) is 7.44. The first kappa shape index (κ1) is 29.6. The van der Waals surface area contributed by atoms with Gasteiger partial charge in [-0.15, -0.1) is 0 Å². The lowest BCUT2D eigenvalue weighted by Gasteiger charge is -2.33. The number of benzene rings is 3. The Morgan fingerprint density at radius 3 is 2.24 bits per heavy atom. The van der Waals surface area contributed by atoms with E-state index in [-0.39, 0.29) is 17.2 Å². The largest absolute Gasteiger partial charge is 0.494 e. The molecule has 1 unspecified atom stereocenters. The van der Waals surface area contributed by atoms with E-state index in [1.807, 2.05) is 27.7 Å². The molecule has 7 nitrogen and oxygen atoms in total. The molecule has 4 rings (SSSR count). The number of ether oxygens (including phenoxy) is 1. The molecular weight excluding hydrogens is 533 g/mol. The maximum Gasteiger partial charge on any atom is 0.416 e. The van der Waals surface area contributed by atoms with Crippen molar-refractivity contribution < 1.29 is 22.7 Å². The molecule has 2 amide bonds. The summed E-state index contributed by atoms with van der Waals surface area (Å²) in [4.78, 5) is 34.0. The third kappa shape index (κ3) is 6.70. The van der Waals surface area contributed by atoms with E-state index in [2.05, 4.69) is 5.32 Å². The summed E-state index contributed by atoms with van der Waals surface area (Å²) in [6.45, 7) is 8.51. The van der Waals surface area contributed by atoms with E-state index in [0.29, 0.717) is 47.7 Å². The van der Waals surface area contributed by atoms with Crippen LogP contribution in [0.2, 0.25) is 0 Å². The smallest absolute Gasteiger partial charge is 0.416 e. The second-order valence-corrected chi connectivity index (χ2v) is 10.0. The van der Waals surface area contributed by atoms with Crippen molar-refractivity contribution in [1.29, 1.82) is 0 Å². The van der Waals surface area contributed by atoms with Gasteiger partial charge in [-0.05, 0) is 79.9 Å². The molecule has 3 aromatic carbocycles. The number of carbonyl (C=O) groups excluding carboxylic acids is 1. The first-order valence-electron chi connectivity index (χ1n) is 13.5. The highest BCUT2D eigenvalue weighted by molar-refractivity contribution is 5.89. The van der Waals surface area contributed by atoms with E-state index < -0.39 is 23.8 Å². The van der Waals surface area contributed by atoms with Crippen molar-refractivity contribution in [2.24, 2.45) is 5.92 Å². The van der Waals surface area contributed by atoms with Gasteiger partial charge in [0.05, 0.1) is 34.8 Å². The van der Waals surface area contributed by atoms with Crippen molar-refractivity contribution in [1.82, 2.24) is 14.5 Å². The fourth-order valence-corrected chi connectivity index (χ4v) is 4.71. The van der Waals surface area contributed by atoms with Gasteiger partial charge in [0.2, 0.25) is 0 Å². The van der Waals surface area contributed by atoms with Crippen molar-refractivity contribution in [2.75, 3.05) is 18.5 Å². The summed E-state index contributed by atoms with van der Waals surface area (Å²) in [5, 5.41) is 3.17. The van der Waals surface area contributed by atoms with E-state index in [0.717, 1.165) is 12.1 Å². The number of hydrogen-bond acceptors (Lipinski definition) is 4. The Morgan fingerprint density at radius 2 is 1.66 bits per heavy atom. The second kappa shape index (κ2) is 12.4. The lowest BCUT2D eigenvalue weighted by molar-refractivity contribution is -0.137. The van der Waals surface area contributed by atoms with E-state index in [4.69, 9.17) is 9.72 Å². The van der Waals surface area contributed by atoms with Gasteiger partial charge in [0.25, 0.3) is 5.56 Å². The van der Waals surface area contributed by atoms with Crippen LogP contribution in [0.4, 0.5) is 23.7 Å². The molecule has 0 spiro atoms. The van der Waals surface area contributed by atoms with Gasteiger partial charge in [0, 0.05) is 12.2 Å². The first-order chi connectivity index (χ1) is 19.5. The highest BCUT2D eigenvalue weighted by Gasteiger charge is 2.31. The number of amides is 2. The van der Waals surface area contributed by atoms with Crippen molar-refractivity contribution in [3.05, 3.63) is 94.5 Å². The predicted molar refractivity (Wildman–Crippen MR) is 154 cm³/mol. The summed E-state index contributed by atoms with van der Waals surface area (Å²) < 4.78 is 46.2. The first-order valence-corrected chi connectivity index (χ1v) is 13.5. The number of para-hydroxylation sites is 1. The molecule has 1 atom stereocenters. The summed E-state index contributed by atoms with van der Waals surface area (Å²) in [6.07, 6.45) is -4.05. The van der Waals surface area contributed by atoms with Crippen molar-refractivity contribution in [2.45, 2.75) is 46.3 Å². The summed E-state index contributed by atoms with van der Waals surface area (Å²) in [5.41, 5.74) is 0.210. The van der Waals surface area contributed by atoms with Crippen LogP contribution in [0.25, 0.3) is 16.6 Å². The average molecular weight is 567 g/mol. The minimum atomic E-state index is -4.48. The molecule has 0 aliphatic rings. The Balaban J connectivity index is 1.81. The SMILES string of the molecule is CCOc1ccc(-n2c(C(CC)N(CC(C)C)C(=O)Nc3ccc(C(F)(F)F)cc3)nc3ccccc3c2=O)cc1. The van der Waals surface area contributed by atoms with Crippen LogP contribution in [0.5, 0.6) is 5.75 Å². The average Bonchev–Trinajstić information content (AvgIpc) is 2.93. The van der Waals surface area contributed by atoms with Gasteiger partial charge in [0.1, 0.15) is 11.6 Å². The van der Waals surface area contributed by atoms with Crippen molar-refractivity contribution in [3.63, 3.8) is 0 Å². The molecule has 10 heteroatoms. The molecule has 4 aromatic rings. The van der Waals surface area contributed by atoms with Crippen molar-refractivity contribution >= 4 is 22.6 Å². The topological polar surface area (TPSA) is 76.5 Å². The van der Waals surface area contributed by atoms with E-state index in [1.165, 1.54) is 16.7 Å². The summed E-state index contributed by atoms with van der Waals surface area (Å²) in [7, 11) is 0. The number of alkyl halides is 3. The summed E-state index contributed by atoms with van der Waals surface area (Å²) >= 11 is 0. The van der Waals surface area contributed by atoms with Crippen LogP contribution in [0.1, 0.15) is 51.5 Å².